The Bertz CT molecular complexity index is 779. The summed E-state index contributed by atoms with van der Waals surface area (Å²) in [6.45, 7) is 5.79. The Morgan fingerprint density at radius 3 is 2.31 bits per heavy atom. The first-order valence-corrected chi connectivity index (χ1v) is 9.35. The molecule has 0 unspecified atom stereocenters. The second-order valence-corrected chi connectivity index (χ2v) is 7.09. The first-order valence-electron chi connectivity index (χ1n) is 7.32. The normalized spacial score (nSPS) is 15.3. The Balaban J connectivity index is 0.000000412. The van der Waals surface area contributed by atoms with Crippen LogP contribution in [0.15, 0.2) is 18.3 Å². The SMILES string of the molecule is CCN(C)C(On1nnc2cccnc21)=[N+](C)CC.F[P-](F)(F)(F)(F)F. The summed E-state index contributed by atoms with van der Waals surface area (Å²) in [5.74, 6) is 0. The van der Waals surface area contributed by atoms with E-state index in [9.17, 15) is 25.2 Å². The van der Waals surface area contributed by atoms with Crippen LogP contribution in [-0.4, -0.2) is 62.8 Å². The van der Waals surface area contributed by atoms with Crippen LogP contribution in [0.5, 0.6) is 0 Å². The quantitative estimate of drug-likeness (QED) is 0.255. The summed E-state index contributed by atoms with van der Waals surface area (Å²) >= 11 is 0. The fourth-order valence-corrected chi connectivity index (χ4v) is 1.59. The van der Waals surface area contributed by atoms with E-state index >= 15 is 0 Å². The number of nitrogens with zero attached hydrogens (tertiary/aromatic N) is 6. The van der Waals surface area contributed by atoms with E-state index in [2.05, 4.69) is 29.1 Å². The fraction of sp³-hybridized carbons (Fsp3) is 0.500. The molecule has 0 bridgehead atoms. The molecule has 150 valence electrons. The fourth-order valence-electron chi connectivity index (χ4n) is 1.59. The Kier molecular flexibility index (Phi) is 5.77. The van der Waals surface area contributed by atoms with E-state index in [1.54, 1.807) is 6.20 Å². The minimum absolute atomic E-state index is 0.606. The van der Waals surface area contributed by atoms with Crippen LogP contribution in [0.25, 0.3) is 11.2 Å². The van der Waals surface area contributed by atoms with Gasteiger partial charge < -0.3 is 0 Å². The molecule has 0 saturated carbocycles. The Morgan fingerprint density at radius 1 is 1.23 bits per heavy atom. The second kappa shape index (κ2) is 6.86. The molecule has 0 saturated heterocycles. The van der Waals surface area contributed by atoms with Gasteiger partial charge >= 0.3 is 39.0 Å². The van der Waals surface area contributed by atoms with Gasteiger partial charge in [-0.1, -0.05) is 0 Å². The van der Waals surface area contributed by atoms with Gasteiger partial charge in [-0.25, -0.2) is 14.5 Å². The van der Waals surface area contributed by atoms with E-state index in [0.717, 1.165) is 13.1 Å². The molecule has 2 heterocycles. The van der Waals surface area contributed by atoms with Crippen molar-refractivity contribution < 1.29 is 34.6 Å². The van der Waals surface area contributed by atoms with Crippen molar-refractivity contribution in [2.75, 3.05) is 27.2 Å². The minimum atomic E-state index is -10.7. The molecular weight excluding hydrogens is 389 g/mol. The predicted octanol–water partition coefficient (Wildman–Crippen LogP) is 3.61. The summed E-state index contributed by atoms with van der Waals surface area (Å²) in [5.41, 5.74) is 1.31. The van der Waals surface area contributed by atoms with E-state index in [4.69, 9.17) is 4.84 Å². The van der Waals surface area contributed by atoms with Crippen LogP contribution >= 0.6 is 7.81 Å². The van der Waals surface area contributed by atoms with E-state index in [-0.39, 0.29) is 0 Å². The zero-order valence-corrected chi connectivity index (χ0v) is 15.3. The van der Waals surface area contributed by atoms with Crippen LogP contribution in [0, 0.1) is 0 Å². The van der Waals surface area contributed by atoms with Gasteiger partial charge in [0, 0.05) is 6.20 Å². The van der Waals surface area contributed by atoms with Crippen molar-refractivity contribution in [3.05, 3.63) is 18.3 Å². The number of rotatable bonds is 3. The van der Waals surface area contributed by atoms with Crippen LogP contribution in [0.2, 0.25) is 0 Å². The summed E-state index contributed by atoms with van der Waals surface area (Å²) in [6, 6.07) is 4.38. The molecule has 0 N–H and O–H groups in total. The Hall–Kier alpha value is -2.17. The van der Waals surface area contributed by atoms with Gasteiger partial charge in [-0.05, 0) is 36.0 Å². The van der Waals surface area contributed by atoms with Gasteiger partial charge in [0.05, 0.1) is 27.2 Å². The summed E-state index contributed by atoms with van der Waals surface area (Å²) in [6.07, 6.45) is 1.69. The molecule has 0 atom stereocenters. The molecule has 0 radical (unpaired) electrons. The van der Waals surface area contributed by atoms with E-state index in [0.29, 0.717) is 17.2 Å². The molecule has 0 spiro atoms. The van der Waals surface area contributed by atoms with Crippen LogP contribution in [0.1, 0.15) is 13.8 Å². The number of pyridine rings is 1. The van der Waals surface area contributed by atoms with Crippen LogP contribution in [-0.2, 0) is 0 Å². The number of aromatic nitrogens is 4. The second-order valence-electron chi connectivity index (χ2n) is 5.17. The Morgan fingerprint density at radius 2 is 1.81 bits per heavy atom. The van der Waals surface area contributed by atoms with Crippen molar-refractivity contribution in [1.29, 1.82) is 0 Å². The van der Waals surface area contributed by atoms with Crippen molar-refractivity contribution in [1.82, 2.24) is 25.0 Å². The van der Waals surface area contributed by atoms with Crippen LogP contribution in [0.3, 0.4) is 0 Å². The molecule has 26 heavy (non-hydrogen) atoms. The van der Waals surface area contributed by atoms with Gasteiger partial charge in [-0.15, -0.1) is 5.10 Å². The number of hydrogen-bond donors (Lipinski definition) is 0. The summed E-state index contributed by atoms with van der Waals surface area (Å²) in [7, 11) is -6.72. The van der Waals surface area contributed by atoms with Crippen molar-refractivity contribution in [3.8, 4) is 0 Å². The van der Waals surface area contributed by atoms with Crippen molar-refractivity contribution in [3.63, 3.8) is 0 Å². The molecule has 0 aliphatic carbocycles. The van der Waals surface area contributed by atoms with Crippen LogP contribution < -0.4 is 4.84 Å². The summed E-state index contributed by atoms with van der Waals surface area (Å²) in [5, 5.41) is 7.99. The van der Waals surface area contributed by atoms with E-state index < -0.39 is 7.81 Å². The predicted molar refractivity (Wildman–Crippen MR) is 85.5 cm³/mol. The van der Waals surface area contributed by atoms with Crippen molar-refractivity contribution in [2.45, 2.75) is 13.8 Å². The molecule has 7 nitrogen and oxygen atoms in total. The first kappa shape index (κ1) is 21.9. The third kappa shape index (κ3) is 8.28. The molecule has 0 aliphatic heterocycles. The maximum absolute atomic E-state index is 10.7. The van der Waals surface area contributed by atoms with Crippen LogP contribution in [0.4, 0.5) is 25.2 Å². The zero-order chi connectivity index (χ0) is 20.2. The number of amidine groups is 1. The van der Waals surface area contributed by atoms with Gasteiger partial charge in [0.2, 0.25) is 5.65 Å². The average molecular weight is 408 g/mol. The molecule has 2 aromatic heterocycles. The monoisotopic (exact) mass is 408 g/mol. The maximum atomic E-state index is 9.87. The van der Waals surface area contributed by atoms with E-state index in [1.165, 1.54) is 4.85 Å². The van der Waals surface area contributed by atoms with Crippen molar-refractivity contribution in [2.24, 2.45) is 0 Å². The number of hydrogen-bond acceptors (Lipinski definition) is 4. The first-order chi connectivity index (χ1) is 11.6. The topological polar surface area (TPSA) is 59.1 Å². The summed E-state index contributed by atoms with van der Waals surface area (Å²) < 4.78 is 61.2. The van der Waals surface area contributed by atoms with Gasteiger partial charge in [-0.3, -0.25) is 4.84 Å². The van der Waals surface area contributed by atoms with Gasteiger partial charge in [0.1, 0.15) is 5.52 Å². The molecule has 0 amide bonds. The van der Waals surface area contributed by atoms with Gasteiger partial charge in [0.15, 0.2) is 0 Å². The Labute approximate surface area is 145 Å². The van der Waals surface area contributed by atoms with Crippen molar-refractivity contribution >= 4 is 25.0 Å². The standard InChI is InChI=1S/C12H19N6O.F6P/c1-5-16(3)12(17(4)6-2)19-18-11-10(14-15-18)8-7-9-13-11;1-7(2,3,4,5)6/h7-9H,5-6H2,1-4H3;/q+1;-1. The molecule has 2 rings (SSSR count). The molecule has 2 aromatic rings. The van der Waals surface area contributed by atoms with E-state index in [1.807, 2.05) is 35.7 Å². The zero-order valence-electron chi connectivity index (χ0n) is 14.5. The summed E-state index contributed by atoms with van der Waals surface area (Å²) in [4.78, 5) is 13.4. The third-order valence-corrected chi connectivity index (χ3v) is 2.95. The molecule has 14 heteroatoms. The van der Waals surface area contributed by atoms with Gasteiger partial charge in [0.25, 0.3) is 0 Å². The molecular formula is C12H19F6N6OP. The number of halogens is 6. The average Bonchev–Trinajstić information content (AvgIpc) is 2.91. The number of fused-ring (bicyclic) bond motifs is 1. The van der Waals surface area contributed by atoms with Gasteiger partial charge in [-0.2, -0.15) is 0 Å². The molecule has 0 aromatic carbocycles. The third-order valence-electron chi connectivity index (χ3n) is 2.95. The molecule has 0 aliphatic rings. The molecule has 0 fully saturated rings.